The van der Waals surface area contributed by atoms with Gasteiger partial charge in [-0.1, -0.05) is 11.6 Å². The molecular formula is C11H17ClN2O2S. The van der Waals surface area contributed by atoms with E-state index in [2.05, 4.69) is 0 Å². The van der Waals surface area contributed by atoms with Gasteiger partial charge in [0.2, 0.25) is 0 Å². The maximum absolute atomic E-state index is 11.1. The number of nitrogens with zero attached hydrogens (tertiary/aromatic N) is 1. The lowest BCUT2D eigenvalue weighted by molar-refractivity contribution is 0.601. The summed E-state index contributed by atoms with van der Waals surface area (Å²) in [5.74, 6) is 0.116. The molecule has 0 saturated heterocycles. The second-order valence-electron chi connectivity index (χ2n) is 4.21. The topological polar surface area (TPSA) is 63.4 Å². The van der Waals surface area contributed by atoms with Gasteiger partial charge in [-0.25, -0.2) is 8.42 Å². The van der Waals surface area contributed by atoms with Crippen molar-refractivity contribution in [1.82, 2.24) is 0 Å². The van der Waals surface area contributed by atoms with Crippen LogP contribution in [-0.2, 0) is 9.84 Å². The van der Waals surface area contributed by atoms with Gasteiger partial charge in [-0.2, -0.15) is 0 Å². The van der Waals surface area contributed by atoms with E-state index in [4.69, 9.17) is 17.3 Å². The third kappa shape index (κ3) is 4.09. The van der Waals surface area contributed by atoms with E-state index >= 15 is 0 Å². The molecule has 1 aromatic rings. The number of anilines is 2. The molecule has 0 aliphatic carbocycles. The number of benzene rings is 1. The Morgan fingerprint density at radius 2 is 2.00 bits per heavy atom. The Balaban J connectivity index is 2.89. The van der Waals surface area contributed by atoms with Crippen molar-refractivity contribution < 1.29 is 8.42 Å². The lowest BCUT2D eigenvalue weighted by atomic mass is 10.1. The van der Waals surface area contributed by atoms with E-state index < -0.39 is 9.84 Å². The number of nitrogen functional groups attached to an aromatic ring is 1. The van der Waals surface area contributed by atoms with Gasteiger partial charge in [-0.15, -0.1) is 0 Å². The third-order valence-electron chi connectivity index (χ3n) is 2.52. The second-order valence-corrected chi connectivity index (χ2v) is 6.88. The highest BCUT2D eigenvalue weighted by molar-refractivity contribution is 7.90. The highest BCUT2D eigenvalue weighted by atomic mass is 35.5. The normalized spacial score (nSPS) is 11.5. The van der Waals surface area contributed by atoms with Crippen molar-refractivity contribution >= 4 is 32.8 Å². The van der Waals surface area contributed by atoms with Gasteiger partial charge in [0, 0.05) is 25.5 Å². The van der Waals surface area contributed by atoms with Crippen molar-refractivity contribution in [3.63, 3.8) is 0 Å². The Hall–Kier alpha value is -0.940. The molecule has 1 aromatic carbocycles. The first-order valence-electron chi connectivity index (χ1n) is 5.15. The molecule has 96 valence electrons. The van der Waals surface area contributed by atoms with E-state index in [1.807, 2.05) is 18.9 Å². The molecule has 0 amide bonds. The summed E-state index contributed by atoms with van der Waals surface area (Å²) in [5, 5.41) is 0.483. The van der Waals surface area contributed by atoms with Crippen LogP contribution in [0, 0.1) is 6.92 Å². The van der Waals surface area contributed by atoms with Crippen LogP contribution < -0.4 is 10.6 Å². The summed E-state index contributed by atoms with van der Waals surface area (Å²) in [6.07, 6.45) is 1.23. The lowest BCUT2D eigenvalue weighted by Crippen LogP contribution is -2.25. The van der Waals surface area contributed by atoms with Gasteiger partial charge in [0.15, 0.2) is 0 Å². The largest absolute Gasteiger partial charge is 0.398 e. The fourth-order valence-electron chi connectivity index (χ4n) is 1.53. The first-order valence-corrected chi connectivity index (χ1v) is 7.59. The summed E-state index contributed by atoms with van der Waals surface area (Å²) in [5.41, 5.74) is 8.09. The van der Waals surface area contributed by atoms with Gasteiger partial charge >= 0.3 is 0 Å². The number of aryl methyl sites for hydroxylation is 1. The van der Waals surface area contributed by atoms with Crippen LogP contribution in [0.25, 0.3) is 0 Å². The maximum atomic E-state index is 11.1. The maximum Gasteiger partial charge on any atom is 0.149 e. The van der Waals surface area contributed by atoms with Gasteiger partial charge in [0.1, 0.15) is 9.84 Å². The van der Waals surface area contributed by atoms with Crippen LogP contribution in [0.5, 0.6) is 0 Å². The summed E-state index contributed by atoms with van der Waals surface area (Å²) in [4.78, 5) is 1.86. The molecule has 0 aliphatic heterocycles. The SMILES string of the molecule is Cc1cc(N)c(Cl)cc1N(C)CCS(C)(=O)=O. The highest BCUT2D eigenvalue weighted by Gasteiger charge is 2.10. The fraction of sp³-hybridized carbons (Fsp3) is 0.455. The molecule has 0 aliphatic rings. The number of hydrogen-bond acceptors (Lipinski definition) is 4. The number of nitrogens with two attached hydrogens (primary N) is 1. The molecule has 1 rings (SSSR count). The first-order chi connectivity index (χ1) is 7.70. The van der Waals surface area contributed by atoms with Crippen molar-refractivity contribution in [1.29, 1.82) is 0 Å². The standard InChI is InChI=1S/C11H17ClN2O2S/c1-8-6-10(13)9(12)7-11(8)14(2)4-5-17(3,15)16/h6-7H,4-5,13H2,1-3H3. The van der Waals surface area contributed by atoms with Gasteiger partial charge < -0.3 is 10.6 Å². The Bertz CT molecular complexity index is 514. The quantitative estimate of drug-likeness (QED) is 0.851. The van der Waals surface area contributed by atoms with Crippen molar-refractivity contribution in [3.05, 3.63) is 22.7 Å². The molecule has 0 heterocycles. The van der Waals surface area contributed by atoms with Crippen molar-refractivity contribution in [2.75, 3.05) is 36.2 Å². The van der Waals surface area contributed by atoms with Crippen molar-refractivity contribution in [2.45, 2.75) is 6.92 Å². The smallest absolute Gasteiger partial charge is 0.149 e. The summed E-state index contributed by atoms with van der Waals surface area (Å²) in [6, 6.07) is 3.54. The van der Waals surface area contributed by atoms with Crippen LogP contribution >= 0.6 is 11.6 Å². The Morgan fingerprint density at radius 1 is 1.41 bits per heavy atom. The number of rotatable bonds is 4. The molecule has 0 atom stereocenters. The molecule has 0 unspecified atom stereocenters. The van der Waals surface area contributed by atoms with Crippen LogP contribution in [0.15, 0.2) is 12.1 Å². The van der Waals surface area contributed by atoms with Gasteiger partial charge in [0.05, 0.1) is 16.5 Å². The van der Waals surface area contributed by atoms with Crippen molar-refractivity contribution in [2.24, 2.45) is 0 Å². The van der Waals surface area contributed by atoms with Crippen molar-refractivity contribution in [3.8, 4) is 0 Å². The monoisotopic (exact) mass is 276 g/mol. The minimum absolute atomic E-state index is 0.116. The highest BCUT2D eigenvalue weighted by Crippen LogP contribution is 2.28. The van der Waals surface area contributed by atoms with E-state index in [0.29, 0.717) is 17.3 Å². The average Bonchev–Trinajstić information content (AvgIpc) is 2.19. The Morgan fingerprint density at radius 3 is 2.53 bits per heavy atom. The summed E-state index contributed by atoms with van der Waals surface area (Å²) in [6.45, 7) is 2.35. The molecule has 17 heavy (non-hydrogen) atoms. The summed E-state index contributed by atoms with van der Waals surface area (Å²) >= 11 is 5.95. The molecule has 2 N–H and O–H groups in total. The minimum Gasteiger partial charge on any atom is -0.398 e. The zero-order valence-electron chi connectivity index (χ0n) is 10.2. The number of sulfone groups is 1. The first kappa shape index (κ1) is 14.1. The van der Waals surface area contributed by atoms with Crippen LogP contribution in [0.2, 0.25) is 5.02 Å². The summed E-state index contributed by atoms with van der Waals surface area (Å²) < 4.78 is 22.2. The lowest BCUT2D eigenvalue weighted by Gasteiger charge is -2.21. The fourth-order valence-corrected chi connectivity index (χ4v) is 2.29. The summed E-state index contributed by atoms with van der Waals surface area (Å²) in [7, 11) is -1.12. The Labute approximate surface area is 107 Å². The predicted molar refractivity (Wildman–Crippen MR) is 73.6 cm³/mol. The molecular weight excluding hydrogens is 260 g/mol. The van der Waals surface area contributed by atoms with E-state index in [-0.39, 0.29) is 5.75 Å². The third-order valence-corrected chi connectivity index (χ3v) is 3.78. The predicted octanol–water partition coefficient (Wildman–Crippen LogP) is 1.71. The molecule has 0 fully saturated rings. The Kier molecular flexibility index (Phi) is 4.27. The van der Waals surface area contributed by atoms with E-state index in [0.717, 1.165) is 11.3 Å². The van der Waals surface area contributed by atoms with Crippen LogP contribution in [0.3, 0.4) is 0 Å². The van der Waals surface area contributed by atoms with E-state index in [1.54, 1.807) is 12.1 Å². The van der Waals surface area contributed by atoms with Gasteiger partial charge in [-0.05, 0) is 24.6 Å². The zero-order chi connectivity index (χ0) is 13.2. The minimum atomic E-state index is -2.96. The molecule has 0 saturated carbocycles. The number of halogens is 1. The molecule has 0 radical (unpaired) electrons. The van der Waals surface area contributed by atoms with Crippen LogP contribution in [0.4, 0.5) is 11.4 Å². The molecule has 0 bridgehead atoms. The van der Waals surface area contributed by atoms with Crippen LogP contribution in [0.1, 0.15) is 5.56 Å². The van der Waals surface area contributed by atoms with Gasteiger partial charge in [0.25, 0.3) is 0 Å². The zero-order valence-corrected chi connectivity index (χ0v) is 11.8. The molecule has 0 spiro atoms. The van der Waals surface area contributed by atoms with E-state index in [1.165, 1.54) is 6.26 Å². The number of hydrogen-bond donors (Lipinski definition) is 1. The van der Waals surface area contributed by atoms with E-state index in [9.17, 15) is 8.42 Å². The second kappa shape index (κ2) is 5.14. The van der Waals surface area contributed by atoms with Crippen LogP contribution in [-0.4, -0.2) is 34.0 Å². The molecule has 6 heteroatoms. The molecule has 0 aromatic heterocycles. The molecule has 4 nitrogen and oxygen atoms in total. The van der Waals surface area contributed by atoms with Gasteiger partial charge in [-0.3, -0.25) is 0 Å². The average molecular weight is 277 g/mol.